The average molecular weight is 312 g/mol. The lowest BCUT2D eigenvalue weighted by atomic mass is 10.1. The monoisotopic (exact) mass is 311 g/mol. The first-order valence-corrected chi connectivity index (χ1v) is 6.36. The Morgan fingerprint density at radius 1 is 1.39 bits per heavy atom. The maximum Gasteiger partial charge on any atom is 0.253 e. The predicted molar refractivity (Wildman–Crippen MR) is 72.3 cm³/mol. The highest BCUT2D eigenvalue weighted by atomic mass is 79.9. The second-order valence-electron chi connectivity index (χ2n) is 3.84. The molecule has 1 amide bonds. The van der Waals surface area contributed by atoms with Crippen LogP contribution in [0.2, 0.25) is 0 Å². The van der Waals surface area contributed by atoms with Crippen molar-refractivity contribution in [2.45, 2.75) is 6.04 Å². The number of carbonyl (C=O) groups is 1. The summed E-state index contributed by atoms with van der Waals surface area (Å²) in [5, 5.41) is 5.76. The zero-order valence-corrected chi connectivity index (χ0v) is 11.5. The van der Waals surface area contributed by atoms with E-state index in [1.54, 1.807) is 7.11 Å². The van der Waals surface area contributed by atoms with E-state index in [4.69, 9.17) is 4.74 Å². The number of aliphatic imine (C=N–C) groups is 1. The van der Waals surface area contributed by atoms with Gasteiger partial charge in [0.1, 0.15) is 6.04 Å². The summed E-state index contributed by atoms with van der Waals surface area (Å²) in [7, 11) is 1.62. The highest BCUT2D eigenvalue weighted by Gasteiger charge is 2.29. The molecule has 18 heavy (non-hydrogen) atoms. The van der Waals surface area contributed by atoms with E-state index in [2.05, 4.69) is 31.6 Å². The van der Waals surface area contributed by atoms with Crippen molar-refractivity contribution in [2.75, 3.05) is 20.3 Å². The van der Waals surface area contributed by atoms with E-state index in [1.807, 2.05) is 24.3 Å². The zero-order valence-electron chi connectivity index (χ0n) is 9.94. The first kappa shape index (κ1) is 13.0. The summed E-state index contributed by atoms with van der Waals surface area (Å²) >= 11 is 3.36. The minimum absolute atomic E-state index is 0.0894. The van der Waals surface area contributed by atoms with Crippen LogP contribution in [0.4, 0.5) is 0 Å². The molecular weight excluding hydrogens is 298 g/mol. The molecule has 0 aliphatic carbocycles. The fourth-order valence-electron chi connectivity index (χ4n) is 1.65. The maximum absolute atomic E-state index is 11.8. The molecule has 1 aliphatic heterocycles. The smallest absolute Gasteiger partial charge is 0.253 e. The SMILES string of the molecule is COCCN=C1NC(=O)C(c2ccc(Br)cc2)N1. The van der Waals surface area contributed by atoms with Crippen molar-refractivity contribution in [1.29, 1.82) is 0 Å². The fraction of sp³-hybridized carbons (Fsp3) is 0.333. The van der Waals surface area contributed by atoms with E-state index in [0.29, 0.717) is 19.1 Å². The van der Waals surface area contributed by atoms with Crippen molar-refractivity contribution in [3.63, 3.8) is 0 Å². The first-order valence-electron chi connectivity index (χ1n) is 5.57. The number of nitrogens with zero attached hydrogens (tertiary/aromatic N) is 1. The highest BCUT2D eigenvalue weighted by molar-refractivity contribution is 9.10. The zero-order chi connectivity index (χ0) is 13.0. The minimum Gasteiger partial charge on any atom is -0.383 e. The summed E-state index contributed by atoms with van der Waals surface area (Å²) in [5.41, 5.74) is 0.910. The van der Waals surface area contributed by atoms with Gasteiger partial charge in [0.05, 0.1) is 13.2 Å². The molecule has 1 fully saturated rings. The Hall–Kier alpha value is -1.40. The molecule has 1 aromatic rings. The van der Waals surface area contributed by atoms with Crippen LogP contribution in [-0.2, 0) is 9.53 Å². The lowest BCUT2D eigenvalue weighted by Gasteiger charge is -2.07. The van der Waals surface area contributed by atoms with E-state index >= 15 is 0 Å². The van der Waals surface area contributed by atoms with Crippen molar-refractivity contribution < 1.29 is 9.53 Å². The molecule has 1 atom stereocenters. The normalized spacial score (nSPS) is 20.9. The molecule has 0 aromatic heterocycles. The Labute approximate surface area is 114 Å². The van der Waals surface area contributed by atoms with Gasteiger partial charge in [-0.3, -0.25) is 15.1 Å². The van der Waals surface area contributed by atoms with Gasteiger partial charge in [-0.1, -0.05) is 28.1 Å². The van der Waals surface area contributed by atoms with Crippen LogP contribution in [0.15, 0.2) is 33.7 Å². The number of hydrogen-bond acceptors (Lipinski definition) is 3. The van der Waals surface area contributed by atoms with E-state index in [1.165, 1.54) is 0 Å². The lowest BCUT2D eigenvalue weighted by Crippen LogP contribution is -2.26. The Morgan fingerprint density at radius 3 is 2.78 bits per heavy atom. The molecule has 0 spiro atoms. The van der Waals surface area contributed by atoms with E-state index in [-0.39, 0.29) is 11.9 Å². The molecule has 1 aliphatic rings. The molecule has 6 heteroatoms. The number of guanidine groups is 1. The van der Waals surface area contributed by atoms with Crippen molar-refractivity contribution in [2.24, 2.45) is 4.99 Å². The lowest BCUT2D eigenvalue weighted by molar-refractivity contribution is -0.120. The second kappa shape index (κ2) is 5.97. The van der Waals surface area contributed by atoms with Crippen molar-refractivity contribution >= 4 is 27.8 Å². The Kier molecular flexibility index (Phi) is 4.33. The largest absolute Gasteiger partial charge is 0.383 e. The van der Waals surface area contributed by atoms with Crippen LogP contribution in [0, 0.1) is 0 Å². The van der Waals surface area contributed by atoms with Gasteiger partial charge in [-0.2, -0.15) is 0 Å². The number of rotatable bonds is 4. The molecule has 0 bridgehead atoms. The Morgan fingerprint density at radius 2 is 2.11 bits per heavy atom. The van der Waals surface area contributed by atoms with Gasteiger partial charge in [0.15, 0.2) is 5.96 Å². The van der Waals surface area contributed by atoms with Crippen LogP contribution < -0.4 is 10.6 Å². The van der Waals surface area contributed by atoms with Gasteiger partial charge in [0.2, 0.25) is 0 Å². The van der Waals surface area contributed by atoms with Crippen LogP contribution in [0.25, 0.3) is 0 Å². The van der Waals surface area contributed by atoms with Gasteiger partial charge in [-0.25, -0.2) is 0 Å². The quantitative estimate of drug-likeness (QED) is 0.822. The number of benzene rings is 1. The van der Waals surface area contributed by atoms with Crippen molar-refractivity contribution in [3.05, 3.63) is 34.3 Å². The fourth-order valence-corrected chi connectivity index (χ4v) is 1.92. The van der Waals surface area contributed by atoms with Crippen LogP contribution in [-0.4, -0.2) is 32.1 Å². The number of methoxy groups -OCH3 is 1. The number of amides is 1. The van der Waals surface area contributed by atoms with E-state index in [9.17, 15) is 4.79 Å². The predicted octanol–water partition coefficient (Wildman–Crippen LogP) is 1.21. The number of halogens is 1. The summed E-state index contributed by atoms with van der Waals surface area (Å²) < 4.78 is 5.89. The minimum atomic E-state index is -0.376. The third kappa shape index (κ3) is 3.08. The average Bonchev–Trinajstić information content (AvgIpc) is 2.72. The topological polar surface area (TPSA) is 62.7 Å². The molecule has 1 heterocycles. The summed E-state index contributed by atoms with van der Waals surface area (Å²) in [5.74, 6) is 0.415. The number of ether oxygens (including phenoxy) is 1. The van der Waals surface area contributed by atoms with Gasteiger partial charge in [-0.15, -0.1) is 0 Å². The number of carbonyl (C=O) groups excluding carboxylic acids is 1. The Bertz CT molecular complexity index is 459. The molecular formula is C12H14BrN3O2. The maximum atomic E-state index is 11.8. The number of hydrogen-bond donors (Lipinski definition) is 2. The Balaban J connectivity index is 2.05. The molecule has 1 saturated heterocycles. The van der Waals surface area contributed by atoms with Crippen LogP contribution in [0.5, 0.6) is 0 Å². The first-order chi connectivity index (χ1) is 8.70. The van der Waals surface area contributed by atoms with Crippen LogP contribution in [0.1, 0.15) is 11.6 Å². The standard InChI is InChI=1S/C12H14BrN3O2/c1-18-7-6-14-12-15-10(11(17)16-12)8-2-4-9(13)5-3-8/h2-5,10H,6-7H2,1H3,(H2,14,15,16,17). The highest BCUT2D eigenvalue weighted by Crippen LogP contribution is 2.19. The second-order valence-corrected chi connectivity index (χ2v) is 4.76. The van der Waals surface area contributed by atoms with Gasteiger partial charge in [0, 0.05) is 11.6 Å². The molecule has 0 saturated carbocycles. The van der Waals surface area contributed by atoms with Gasteiger partial charge >= 0.3 is 0 Å². The molecule has 2 N–H and O–H groups in total. The molecule has 5 nitrogen and oxygen atoms in total. The third-order valence-corrected chi connectivity index (χ3v) is 3.08. The van der Waals surface area contributed by atoms with E-state index in [0.717, 1.165) is 10.0 Å². The molecule has 2 rings (SSSR count). The summed E-state index contributed by atoms with van der Waals surface area (Å²) in [6, 6.07) is 7.24. The van der Waals surface area contributed by atoms with Gasteiger partial charge in [0.25, 0.3) is 5.91 Å². The van der Waals surface area contributed by atoms with E-state index < -0.39 is 0 Å². The van der Waals surface area contributed by atoms with Gasteiger partial charge in [-0.05, 0) is 17.7 Å². The van der Waals surface area contributed by atoms with Crippen LogP contribution in [0.3, 0.4) is 0 Å². The molecule has 1 unspecified atom stereocenters. The van der Waals surface area contributed by atoms with Crippen molar-refractivity contribution in [1.82, 2.24) is 10.6 Å². The molecule has 96 valence electrons. The summed E-state index contributed by atoms with van der Waals surface area (Å²) in [6.45, 7) is 1.05. The number of nitrogens with one attached hydrogen (secondary N) is 2. The summed E-state index contributed by atoms with van der Waals surface area (Å²) in [4.78, 5) is 16.0. The summed E-state index contributed by atoms with van der Waals surface area (Å²) in [6.07, 6.45) is 0. The third-order valence-electron chi connectivity index (χ3n) is 2.55. The molecule has 1 aromatic carbocycles. The van der Waals surface area contributed by atoms with Crippen molar-refractivity contribution in [3.8, 4) is 0 Å². The van der Waals surface area contributed by atoms with Crippen LogP contribution >= 0.6 is 15.9 Å². The molecule has 0 radical (unpaired) electrons. The van der Waals surface area contributed by atoms with Gasteiger partial charge < -0.3 is 10.1 Å².